The van der Waals surface area contributed by atoms with E-state index < -0.39 is 5.97 Å². The molecule has 0 fully saturated rings. The van der Waals surface area contributed by atoms with Crippen LogP contribution in [0.25, 0.3) is 0 Å². The van der Waals surface area contributed by atoms with Crippen LogP contribution >= 0.6 is 15.9 Å². The van der Waals surface area contributed by atoms with Crippen molar-refractivity contribution < 1.29 is 9.53 Å². The zero-order chi connectivity index (χ0) is 14.5. The quantitative estimate of drug-likeness (QED) is 0.864. The summed E-state index contributed by atoms with van der Waals surface area (Å²) in [6.07, 6.45) is 1.64. The van der Waals surface area contributed by atoms with E-state index in [-0.39, 0.29) is 6.04 Å². The highest BCUT2D eigenvalue weighted by Crippen LogP contribution is 2.22. The fourth-order valence-corrected chi connectivity index (χ4v) is 2.10. The lowest BCUT2D eigenvalue weighted by molar-refractivity contribution is 0.0601. The van der Waals surface area contributed by atoms with Gasteiger partial charge in [0.15, 0.2) is 0 Å². The zero-order valence-electron chi connectivity index (χ0n) is 11.3. The number of carbonyl (C=O) groups excluding carboxylic acids is 1. The number of carbonyl (C=O) groups is 1. The third-order valence-corrected chi connectivity index (χ3v) is 3.46. The summed E-state index contributed by atoms with van der Waals surface area (Å²) < 4.78 is 5.78. The van der Waals surface area contributed by atoms with E-state index in [1.807, 2.05) is 31.2 Å². The first-order valence-corrected chi connectivity index (χ1v) is 6.96. The highest BCUT2D eigenvalue weighted by molar-refractivity contribution is 9.10. The molecule has 20 heavy (non-hydrogen) atoms. The number of benzene rings is 1. The molecule has 1 heterocycles. The maximum Gasteiger partial charge on any atom is 0.341 e. The van der Waals surface area contributed by atoms with Crippen molar-refractivity contribution in [3.8, 4) is 0 Å². The number of hydrogen-bond acceptors (Lipinski definition) is 4. The minimum Gasteiger partial charge on any atom is -0.465 e. The summed E-state index contributed by atoms with van der Waals surface area (Å²) in [6.45, 7) is 2.01. The van der Waals surface area contributed by atoms with Crippen LogP contribution in [0.2, 0.25) is 0 Å². The molecule has 0 aliphatic rings. The summed E-state index contributed by atoms with van der Waals surface area (Å²) in [5, 5.41) is 3.23. The normalized spacial score (nSPS) is 11.8. The Hall–Kier alpha value is -1.88. The molecule has 4 nitrogen and oxygen atoms in total. The van der Waals surface area contributed by atoms with Crippen LogP contribution in [0, 0.1) is 0 Å². The van der Waals surface area contributed by atoms with Crippen LogP contribution in [0.5, 0.6) is 0 Å². The highest BCUT2D eigenvalue weighted by atomic mass is 79.9. The Morgan fingerprint density at radius 2 is 2.00 bits per heavy atom. The van der Waals surface area contributed by atoms with Gasteiger partial charge in [0.2, 0.25) is 0 Å². The van der Waals surface area contributed by atoms with Crippen molar-refractivity contribution >= 4 is 27.7 Å². The van der Waals surface area contributed by atoms with Gasteiger partial charge in [-0.2, -0.15) is 0 Å². The number of rotatable bonds is 4. The van der Waals surface area contributed by atoms with Crippen molar-refractivity contribution in [3.63, 3.8) is 0 Å². The van der Waals surface area contributed by atoms with Gasteiger partial charge < -0.3 is 10.1 Å². The van der Waals surface area contributed by atoms with Gasteiger partial charge in [-0.25, -0.2) is 9.78 Å². The third kappa shape index (κ3) is 3.36. The van der Waals surface area contributed by atoms with Crippen molar-refractivity contribution in [2.75, 3.05) is 12.4 Å². The molecular weight excluding hydrogens is 320 g/mol. The standard InChI is InChI=1S/C15H15BrN2O2/c1-10(11-5-7-12(16)8-6-11)18-14-13(15(19)20-2)4-3-9-17-14/h3-10H,1-2H3,(H,17,18). The third-order valence-electron chi connectivity index (χ3n) is 2.94. The summed E-state index contributed by atoms with van der Waals surface area (Å²) in [7, 11) is 1.36. The van der Waals surface area contributed by atoms with Gasteiger partial charge in [-0.1, -0.05) is 28.1 Å². The number of methoxy groups -OCH3 is 1. The van der Waals surface area contributed by atoms with Gasteiger partial charge in [0, 0.05) is 16.7 Å². The van der Waals surface area contributed by atoms with E-state index in [4.69, 9.17) is 4.74 Å². The van der Waals surface area contributed by atoms with E-state index in [0.29, 0.717) is 11.4 Å². The minimum absolute atomic E-state index is 0.0291. The molecule has 0 saturated heterocycles. The van der Waals surface area contributed by atoms with E-state index in [0.717, 1.165) is 10.0 Å². The second-order valence-corrected chi connectivity index (χ2v) is 5.22. The summed E-state index contributed by atoms with van der Waals surface area (Å²) in [4.78, 5) is 15.9. The molecule has 0 amide bonds. The van der Waals surface area contributed by atoms with E-state index in [1.54, 1.807) is 18.3 Å². The van der Waals surface area contributed by atoms with E-state index in [1.165, 1.54) is 7.11 Å². The van der Waals surface area contributed by atoms with Crippen molar-refractivity contribution in [1.29, 1.82) is 0 Å². The second kappa shape index (κ2) is 6.52. The number of ether oxygens (including phenoxy) is 1. The summed E-state index contributed by atoms with van der Waals surface area (Å²) in [6, 6.07) is 11.4. The van der Waals surface area contributed by atoms with Crippen LogP contribution in [0.1, 0.15) is 28.9 Å². The van der Waals surface area contributed by atoms with Gasteiger partial charge in [0.1, 0.15) is 11.4 Å². The lowest BCUT2D eigenvalue weighted by Gasteiger charge is -2.16. The Kier molecular flexibility index (Phi) is 4.74. The van der Waals surface area contributed by atoms with Crippen molar-refractivity contribution in [2.45, 2.75) is 13.0 Å². The van der Waals surface area contributed by atoms with Gasteiger partial charge in [-0.3, -0.25) is 0 Å². The molecule has 104 valence electrons. The number of aromatic nitrogens is 1. The molecule has 0 aliphatic carbocycles. The van der Waals surface area contributed by atoms with Crippen LogP contribution in [0.3, 0.4) is 0 Å². The molecule has 0 bridgehead atoms. The Bertz CT molecular complexity index is 599. The summed E-state index contributed by atoms with van der Waals surface area (Å²) in [5.41, 5.74) is 1.54. The van der Waals surface area contributed by atoms with Gasteiger partial charge in [-0.15, -0.1) is 0 Å². The van der Waals surface area contributed by atoms with Crippen LogP contribution in [0.4, 0.5) is 5.82 Å². The molecule has 2 aromatic rings. The van der Waals surface area contributed by atoms with Crippen LogP contribution < -0.4 is 5.32 Å². The summed E-state index contributed by atoms with van der Waals surface area (Å²) >= 11 is 3.41. The molecule has 1 atom stereocenters. The molecule has 1 aromatic heterocycles. The molecule has 0 saturated carbocycles. The number of anilines is 1. The molecule has 1 aromatic carbocycles. The lowest BCUT2D eigenvalue weighted by Crippen LogP contribution is -2.13. The van der Waals surface area contributed by atoms with Crippen LogP contribution in [0.15, 0.2) is 47.1 Å². The Balaban J connectivity index is 2.21. The fourth-order valence-electron chi connectivity index (χ4n) is 1.83. The maximum atomic E-state index is 11.7. The van der Waals surface area contributed by atoms with Gasteiger partial charge in [0.25, 0.3) is 0 Å². The van der Waals surface area contributed by atoms with Crippen molar-refractivity contribution in [3.05, 3.63) is 58.2 Å². The van der Waals surface area contributed by atoms with E-state index in [2.05, 4.69) is 26.2 Å². The number of hydrogen-bond donors (Lipinski definition) is 1. The maximum absolute atomic E-state index is 11.7. The molecule has 2 rings (SSSR count). The predicted molar refractivity (Wildman–Crippen MR) is 81.8 cm³/mol. The topological polar surface area (TPSA) is 51.2 Å². The first-order valence-electron chi connectivity index (χ1n) is 6.17. The number of nitrogens with zero attached hydrogens (tertiary/aromatic N) is 1. The molecule has 0 spiro atoms. The van der Waals surface area contributed by atoms with Crippen LogP contribution in [-0.4, -0.2) is 18.1 Å². The fraction of sp³-hybridized carbons (Fsp3) is 0.200. The SMILES string of the molecule is COC(=O)c1cccnc1NC(C)c1ccc(Br)cc1. The number of pyridine rings is 1. The Morgan fingerprint density at radius 3 is 2.65 bits per heavy atom. The monoisotopic (exact) mass is 334 g/mol. The number of halogens is 1. The predicted octanol–water partition coefficient (Wildman–Crippen LogP) is 3.80. The molecule has 1 N–H and O–H groups in total. The average Bonchev–Trinajstić information content (AvgIpc) is 2.47. The largest absolute Gasteiger partial charge is 0.465 e. The zero-order valence-corrected chi connectivity index (χ0v) is 12.8. The molecule has 1 unspecified atom stereocenters. The lowest BCUT2D eigenvalue weighted by atomic mass is 10.1. The first kappa shape index (κ1) is 14.5. The Labute approximate surface area is 126 Å². The number of esters is 1. The molecular formula is C15H15BrN2O2. The van der Waals surface area contributed by atoms with Gasteiger partial charge in [-0.05, 0) is 36.8 Å². The van der Waals surface area contributed by atoms with Crippen molar-refractivity contribution in [1.82, 2.24) is 4.98 Å². The molecule has 0 radical (unpaired) electrons. The highest BCUT2D eigenvalue weighted by Gasteiger charge is 2.14. The smallest absolute Gasteiger partial charge is 0.341 e. The minimum atomic E-state index is -0.399. The molecule has 0 aliphatic heterocycles. The van der Waals surface area contributed by atoms with E-state index >= 15 is 0 Å². The van der Waals surface area contributed by atoms with Crippen molar-refractivity contribution in [2.24, 2.45) is 0 Å². The second-order valence-electron chi connectivity index (χ2n) is 4.31. The first-order chi connectivity index (χ1) is 9.61. The van der Waals surface area contributed by atoms with Crippen LogP contribution in [-0.2, 0) is 4.74 Å². The summed E-state index contributed by atoms with van der Waals surface area (Å²) in [5.74, 6) is 0.123. The molecule has 5 heteroatoms. The number of nitrogens with one attached hydrogen (secondary N) is 1. The Morgan fingerprint density at radius 1 is 1.30 bits per heavy atom. The van der Waals surface area contributed by atoms with Gasteiger partial charge >= 0.3 is 5.97 Å². The van der Waals surface area contributed by atoms with E-state index in [9.17, 15) is 4.79 Å². The average molecular weight is 335 g/mol. The van der Waals surface area contributed by atoms with Gasteiger partial charge in [0.05, 0.1) is 7.11 Å².